The average molecular weight is 453 g/mol. The van der Waals surface area contributed by atoms with E-state index in [9.17, 15) is 31.1 Å². The zero-order chi connectivity index (χ0) is 22.4. The molecular formula is C17H17F6N5OS. The zero-order valence-corrected chi connectivity index (χ0v) is 16.8. The van der Waals surface area contributed by atoms with Gasteiger partial charge in [0.25, 0.3) is 5.91 Å². The number of rotatable bonds is 5. The number of nitrogens with one attached hydrogen (secondary N) is 1. The van der Waals surface area contributed by atoms with Gasteiger partial charge in [-0.25, -0.2) is 0 Å². The number of alkyl halides is 6. The lowest BCUT2D eigenvalue weighted by atomic mass is 10.2. The zero-order valence-electron chi connectivity index (χ0n) is 16.0. The summed E-state index contributed by atoms with van der Waals surface area (Å²) in [6.45, 7) is 3.02. The first-order chi connectivity index (χ1) is 13.8. The number of hydrogen-bond acceptors (Lipinski definition) is 4. The SMILES string of the molecule is Cc1cc(C(F)(F)F)n(C[C@H](C)CNC(=O)c2cc3c(C(F)(F)F)nn(C)c3s2)n1. The maximum absolute atomic E-state index is 13.1. The summed E-state index contributed by atoms with van der Waals surface area (Å²) < 4.78 is 80.2. The summed E-state index contributed by atoms with van der Waals surface area (Å²) in [6.07, 6.45) is -9.20. The normalized spacial score (nSPS) is 13.8. The van der Waals surface area contributed by atoms with Crippen LogP contribution in [-0.2, 0) is 25.9 Å². The fraction of sp³-hybridized carbons (Fsp3) is 0.471. The number of carbonyl (C=O) groups is 1. The molecule has 0 radical (unpaired) electrons. The van der Waals surface area contributed by atoms with Crippen molar-refractivity contribution in [3.05, 3.63) is 34.1 Å². The monoisotopic (exact) mass is 453 g/mol. The molecule has 0 aliphatic rings. The van der Waals surface area contributed by atoms with Crippen LogP contribution in [-0.4, -0.2) is 32.0 Å². The molecule has 0 aliphatic heterocycles. The Labute approximate surface area is 170 Å². The van der Waals surface area contributed by atoms with E-state index in [-0.39, 0.29) is 33.9 Å². The third-order valence-electron chi connectivity index (χ3n) is 4.29. The van der Waals surface area contributed by atoms with Gasteiger partial charge >= 0.3 is 12.4 Å². The lowest BCUT2D eigenvalue weighted by Gasteiger charge is -2.15. The Morgan fingerprint density at radius 2 is 1.83 bits per heavy atom. The first-order valence-electron chi connectivity index (χ1n) is 8.71. The number of carbonyl (C=O) groups excluding carboxylic acids is 1. The van der Waals surface area contributed by atoms with Gasteiger partial charge in [0.2, 0.25) is 0 Å². The summed E-state index contributed by atoms with van der Waals surface area (Å²) in [6, 6.07) is 2.06. The molecule has 1 atom stereocenters. The molecule has 0 aromatic carbocycles. The van der Waals surface area contributed by atoms with E-state index in [1.807, 2.05) is 0 Å². The van der Waals surface area contributed by atoms with Crippen LogP contribution in [0.15, 0.2) is 12.1 Å². The van der Waals surface area contributed by atoms with Crippen molar-refractivity contribution >= 4 is 27.5 Å². The fourth-order valence-electron chi connectivity index (χ4n) is 2.99. The summed E-state index contributed by atoms with van der Waals surface area (Å²) >= 11 is 0.856. The first-order valence-corrected chi connectivity index (χ1v) is 9.52. The molecule has 0 aliphatic carbocycles. The number of thiophene rings is 1. The Bertz CT molecular complexity index is 1080. The fourth-order valence-corrected chi connectivity index (χ4v) is 3.98. The highest BCUT2D eigenvalue weighted by molar-refractivity contribution is 7.20. The Morgan fingerprint density at radius 3 is 2.43 bits per heavy atom. The third-order valence-corrected chi connectivity index (χ3v) is 5.49. The van der Waals surface area contributed by atoms with Gasteiger partial charge in [0, 0.05) is 25.5 Å². The van der Waals surface area contributed by atoms with Gasteiger partial charge in [0.15, 0.2) is 5.69 Å². The maximum atomic E-state index is 13.1. The molecule has 0 spiro atoms. The molecule has 164 valence electrons. The summed E-state index contributed by atoms with van der Waals surface area (Å²) in [5.74, 6) is -1.01. The molecule has 0 saturated heterocycles. The Balaban J connectivity index is 1.69. The van der Waals surface area contributed by atoms with Crippen molar-refractivity contribution in [2.75, 3.05) is 6.54 Å². The van der Waals surface area contributed by atoms with Crippen molar-refractivity contribution in [1.29, 1.82) is 0 Å². The minimum atomic E-state index is -4.65. The molecule has 0 fully saturated rings. The molecule has 3 heterocycles. The quantitative estimate of drug-likeness (QED) is 0.588. The van der Waals surface area contributed by atoms with Crippen LogP contribution in [0.2, 0.25) is 0 Å². The highest BCUT2D eigenvalue weighted by Crippen LogP contribution is 2.37. The van der Waals surface area contributed by atoms with Crippen molar-refractivity contribution < 1.29 is 31.1 Å². The van der Waals surface area contributed by atoms with Crippen molar-refractivity contribution in [3.8, 4) is 0 Å². The van der Waals surface area contributed by atoms with Crippen molar-refractivity contribution in [1.82, 2.24) is 24.9 Å². The molecule has 0 saturated carbocycles. The topological polar surface area (TPSA) is 64.7 Å². The van der Waals surface area contributed by atoms with Crippen LogP contribution in [0.25, 0.3) is 10.2 Å². The van der Waals surface area contributed by atoms with E-state index in [1.54, 1.807) is 6.92 Å². The van der Waals surface area contributed by atoms with Gasteiger partial charge in [-0.1, -0.05) is 6.92 Å². The van der Waals surface area contributed by atoms with Crippen molar-refractivity contribution in [2.24, 2.45) is 13.0 Å². The van der Waals surface area contributed by atoms with Gasteiger partial charge in [-0.3, -0.25) is 14.2 Å². The molecule has 0 unspecified atom stereocenters. The number of aromatic nitrogens is 4. The van der Waals surface area contributed by atoms with E-state index in [2.05, 4.69) is 15.5 Å². The summed E-state index contributed by atoms with van der Waals surface area (Å²) in [5.41, 5.74) is -1.73. The highest BCUT2D eigenvalue weighted by atomic mass is 32.1. The molecular weight excluding hydrogens is 436 g/mol. The third kappa shape index (κ3) is 4.45. The predicted octanol–water partition coefficient (Wildman–Crippen LogP) is 4.24. The molecule has 1 N–H and O–H groups in total. The second-order valence-electron chi connectivity index (χ2n) is 6.97. The lowest BCUT2D eigenvalue weighted by Crippen LogP contribution is -2.30. The molecule has 6 nitrogen and oxygen atoms in total. The first kappa shape index (κ1) is 22.1. The number of hydrogen-bond donors (Lipinski definition) is 1. The molecule has 3 aromatic rings. The maximum Gasteiger partial charge on any atom is 0.435 e. The van der Waals surface area contributed by atoms with Gasteiger partial charge in [0.1, 0.15) is 10.5 Å². The minimum absolute atomic E-state index is 0.0215. The van der Waals surface area contributed by atoms with Crippen LogP contribution in [0.5, 0.6) is 0 Å². The Kier molecular flexibility index (Phi) is 5.60. The van der Waals surface area contributed by atoms with Crippen LogP contribution in [0.3, 0.4) is 0 Å². The second-order valence-corrected chi connectivity index (χ2v) is 8.00. The number of amides is 1. The van der Waals surface area contributed by atoms with Gasteiger partial charge in [0.05, 0.1) is 10.6 Å². The second kappa shape index (κ2) is 7.60. The van der Waals surface area contributed by atoms with Gasteiger partial charge < -0.3 is 5.32 Å². The van der Waals surface area contributed by atoms with Crippen LogP contribution in [0.1, 0.15) is 33.7 Å². The van der Waals surface area contributed by atoms with E-state index in [0.717, 1.165) is 32.8 Å². The molecule has 30 heavy (non-hydrogen) atoms. The van der Waals surface area contributed by atoms with Crippen LogP contribution < -0.4 is 5.32 Å². The van der Waals surface area contributed by atoms with E-state index >= 15 is 0 Å². The van der Waals surface area contributed by atoms with Gasteiger partial charge in [-0.05, 0) is 25.0 Å². The minimum Gasteiger partial charge on any atom is -0.351 e. The number of halogens is 6. The molecule has 3 rings (SSSR count). The van der Waals surface area contributed by atoms with Gasteiger partial charge in [-0.2, -0.15) is 36.5 Å². The van der Waals surface area contributed by atoms with Crippen molar-refractivity contribution in [2.45, 2.75) is 32.7 Å². The largest absolute Gasteiger partial charge is 0.435 e. The van der Waals surface area contributed by atoms with Crippen LogP contribution >= 0.6 is 11.3 Å². The molecule has 1 amide bonds. The predicted molar refractivity (Wildman–Crippen MR) is 97.1 cm³/mol. The Hall–Kier alpha value is -2.57. The smallest absolute Gasteiger partial charge is 0.351 e. The summed E-state index contributed by atoms with van der Waals surface area (Å²) in [4.78, 5) is 12.6. The van der Waals surface area contributed by atoms with E-state index in [0.29, 0.717) is 0 Å². The van der Waals surface area contributed by atoms with Crippen LogP contribution in [0.4, 0.5) is 26.3 Å². The van der Waals surface area contributed by atoms with Crippen molar-refractivity contribution in [3.63, 3.8) is 0 Å². The summed E-state index contributed by atoms with van der Waals surface area (Å²) in [5, 5.41) is 9.66. The number of fused-ring (bicyclic) bond motifs is 1. The summed E-state index contributed by atoms with van der Waals surface area (Å²) in [7, 11) is 1.35. The number of nitrogens with zero attached hydrogens (tertiary/aromatic N) is 4. The molecule has 3 aromatic heterocycles. The average Bonchev–Trinajstić information content (AvgIpc) is 3.26. The van der Waals surface area contributed by atoms with Crippen LogP contribution in [0, 0.1) is 12.8 Å². The number of aryl methyl sites for hydroxylation is 2. The van der Waals surface area contributed by atoms with E-state index in [1.165, 1.54) is 14.0 Å². The van der Waals surface area contributed by atoms with E-state index in [4.69, 9.17) is 0 Å². The molecule has 0 bridgehead atoms. The van der Waals surface area contributed by atoms with E-state index < -0.39 is 35.6 Å². The Morgan fingerprint density at radius 1 is 1.17 bits per heavy atom. The molecule has 13 heteroatoms. The highest BCUT2D eigenvalue weighted by Gasteiger charge is 2.38. The lowest BCUT2D eigenvalue weighted by molar-refractivity contribution is -0.144. The van der Waals surface area contributed by atoms with Gasteiger partial charge in [-0.15, -0.1) is 11.3 Å². The standard InChI is InChI=1S/C17H17F6N5OS/c1-8(7-28-12(16(18,19)20)4-9(2)25-28)6-24-14(29)11-5-10-13(17(21,22)23)26-27(3)15(10)30-11/h4-5,8H,6-7H2,1-3H3,(H,24,29)/t8-/m1/s1.